The maximum Gasteiger partial charge on any atom is 0.387 e. The van der Waals surface area contributed by atoms with Crippen LogP contribution in [0.5, 0.6) is 5.75 Å². The maximum atomic E-state index is 12.7. The second-order valence-corrected chi connectivity index (χ2v) is 6.89. The Hall–Kier alpha value is -2.48. The first-order valence-corrected chi connectivity index (χ1v) is 8.77. The van der Waals surface area contributed by atoms with Gasteiger partial charge in [0.25, 0.3) is 5.91 Å². The molecule has 0 saturated carbocycles. The van der Waals surface area contributed by atoms with E-state index in [1.807, 2.05) is 13.8 Å². The van der Waals surface area contributed by atoms with E-state index >= 15 is 0 Å². The van der Waals surface area contributed by atoms with Crippen molar-refractivity contribution in [1.29, 1.82) is 0 Å². The van der Waals surface area contributed by atoms with Crippen LogP contribution in [-0.2, 0) is 4.79 Å². The van der Waals surface area contributed by atoms with Crippen LogP contribution in [0.3, 0.4) is 0 Å². The molecule has 8 heteroatoms. The SMILES string of the molecule is CC(C)N(CCC(=O)O)C(=O)c1ccc(-c2ccc(OC(F)F)cc2)s1. The number of rotatable bonds is 8. The highest BCUT2D eigenvalue weighted by molar-refractivity contribution is 7.17. The Balaban J connectivity index is 2.14. The number of carbonyl (C=O) groups excluding carboxylic acids is 1. The number of ether oxygens (including phenoxy) is 1. The molecule has 0 bridgehead atoms. The zero-order chi connectivity index (χ0) is 19.3. The molecule has 5 nitrogen and oxygen atoms in total. The molecule has 0 aliphatic carbocycles. The van der Waals surface area contributed by atoms with Gasteiger partial charge in [0.1, 0.15) is 5.75 Å². The van der Waals surface area contributed by atoms with E-state index in [1.165, 1.54) is 28.4 Å². The molecule has 0 aliphatic rings. The summed E-state index contributed by atoms with van der Waals surface area (Å²) in [5.41, 5.74) is 0.775. The van der Waals surface area contributed by atoms with Crippen LogP contribution < -0.4 is 4.74 Å². The highest BCUT2D eigenvalue weighted by Crippen LogP contribution is 2.30. The number of hydrogen-bond acceptors (Lipinski definition) is 4. The van der Waals surface area contributed by atoms with Gasteiger partial charge in [-0.05, 0) is 55.8 Å². The number of thiophene rings is 1. The van der Waals surface area contributed by atoms with Crippen molar-refractivity contribution >= 4 is 23.2 Å². The quantitative estimate of drug-likeness (QED) is 0.736. The van der Waals surface area contributed by atoms with E-state index in [4.69, 9.17) is 5.11 Å². The third-order valence-corrected chi connectivity index (χ3v) is 4.75. The minimum Gasteiger partial charge on any atom is -0.481 e. The number of halogens is 2. The summed E-state index contributed by atoms with van der Waals surface area (Å²) in [5, 5.41) is 8.83. The van der Waals surface area contributed by atoms with Crippen LogP contribution in [0.1, 0.15) is 29.9 Å². The monoisotopic (exact) mass is 383 g/mol. The second kappa shape index (κ2) is 8.75. The Morgan fingerprint density at radius 3 is 2.35 bits per heavy atom. The number of carboxylic acid groups (broad SMARTS) is 1. The van der Waals surface area contributed by atoms with E-state index in [9.17, 15) is 18.4 Å². The Morgan fingerprint density at radius 2 is 1.81 bits per heavy atom. The molecule has 0 spiro atoms. The molecule has 1 aromatic carbocycles. The number of aliphatic carboxylic acids is 1. The third kappa shape index (κ3) is 5.26. The molecular formula is C18H19F2NO4S. The Labute approximate surface area is 153 Å². The number of carbonyl (C=O) groups is 2. The van der Waals surface area contributed by atoms with E-state index in [0.29, 0.717) is 4.88 Å². The lowest BCUT2D eigenvalue weighted by molar-refractivity contribution is -0.137. The van der Waals surface area contributed by atoms with Crippen molar-refractivity contribution in [1.82, 2.24) is 4.90 Å². The molecule has 2 rings (SSSR count). The maximum absolute atomic E-state index is 12.7. The summed E-state index contributed by atoms with van der Waals surface area (Å²) in [4.78, 5) is 26.2. The van der Waals surface area contributed by atoms with Gasteiger partial charge >= 0.3 is 12.6 Å². The third-order valence-electron chi connectivity index (χ3n) is 3.63. The van der Waals surface area contributed by atoms with Gasteiger partial charge in [-0.15, -0.1) is 11.3 Å². The van der Waals surface area contributed by atoms with E-state index in [0.717, 1.165) is 10.4 Å². The summed E-state index contributed by atoms with van der Waals surface area (Å²) in [6.07, 6.45) is -0.117. The molecule has 0 unspecified atom stereocenters. The van der Waals surface area contributed by atoms with E-state index in [-0.39, 0.29) is 30.7 Å². The van der Waals surface area contributed by atoms with Gasteiger partial charge in [0.15, 0.2) is 0 Å². The molecule has 0 fully saturated rings. The van der Waals surface area contributed by atoms with Crippen LogP contribution in [0, 0.1) is 0 Å². The predicted octanol–water partition coefficient (Wildman–Crippen LogP) is 4.34. The van der Waals surface area contributed by atoms with Crippen molar-refractivity contribution < 1.29 is 28.2 Å². The molecule has 1 amide bonds. The van der Waals surface area contributed by atoms with Crippen LogP contribution >= 0.6 is 11.3 Å². The fourth-order valence-electron chi connectivity index (χ4n) is 2.36. The summed E-state index contributed by atoms with van der Waals surface area (Å²) >= 11 is 1.27. The van der Waals surface area contributed by atoms with Gasteiger partial charge in [-0.1, -0.05) is 0 Å². The molecular weight excluding hydrogens is 364 g/mol. The van der Waals surface area contributed by atoms with Crippen molar-refractivity contribution in [3.8, 4) is 16.2 Å². The minimum atomic E-state index is -2.88. The number of benzene rings is 1. The lowest BCUT2D eigenvalue weighted by Gasteiger charge is -2.25. The van der Waals surface area contributed by atoms with Crippen molar-refractivity contribution in [2.75, 3.05) is 6.54 Å². The fourth-order valence-corrected chi connectivity index (χ4v) is 3.33. The normalized spacial score (nSPS) is 11.0. The van der Waals surface area contributed by atoms with Gasteiger partial charge in [0.05, 0.1) is 11.3 Å². The summed E-state index contributed by atoms with van der Waals surface area (Å²) in [7, 11) is 0. The largest absolute Gasteiger partial charge is 0.481 e. The van der Waals surface area contributed by atoms with Gasteiger partial charge in [-0.2, -0.15) is 8.78 Å². The number of carboxylic acids is 1. The van der Waals surface area contributed by atoms with E-state index in [1.54, 1.807) is 24.3 Å². The summed E-state index contributed by atoms with van der Waals surface area (Å²) in [6.45, 7) is 0.921. The molecule has 2 aromatic rings. The fraction of sp³-hybridized carbons (Fsp3) is 0.333. The van der Waals surface area contributed by atoms with Crippen molar-refractivity contribution in [3.05, 3.63) is 41.3 Å². The smallest absolute Gasteiger partial charge is 0.387 e. The number of hydrogen-bond donors (Lipinski definition) is 1. The van der Waals surface area contributed by atoms with E-state index < -0.39 is 12.6 Å². The van der Waals surface area contributed by atoms with Crippen molar-refractivity contribution in [2.45, 2.75) is 32.9 Å². The molecule has 0 saturated heterocycles. The first-order chi connectivity index (χ1) is 12.3. The topological polar surface area (TPSA) is 66.8 Å². The Kier molecular flexibility index (Phi) is 6.68. The number of amides is 1. The highest BCUT2D eigenvalue weighted by atomic mass is 32.1. The van der Waals surface area contributed by atoms with Gasteiger partial charge in [-0.3, -0.25) is 9.59 Å². The summed E-state index contributed by atoms with van der Waals surface area (Å²) in [5.74, 6) is -1.12. The van der Waals surface area contributed by atoms with Crippen LogP contribution in [0.4, 0.5) is 8.78 Å². The minimum absolute atomic E-state index is 0.0660. The molecule has 1 heterocycles. The van der Waals surface area contributed by atoms with Crippen molar-refractivity contribution in [2.24, 2.45) is 0 Å². The zero-order valence-corrected chi connectivity index (χ0v) is 15.1. The Bertz CT molecular complexity index is 759. The Morgan fingerprint density at radius 1 is 1.15 bits per heavy atom. The lowest BCUT2D eigenvalue weighted by atomic mass is 10.2. The van der Waals surface area contributed by atoms with Gasteiger partial charge in [0.2, 0.25) is 0 Å². The van der Waals surface area contributed by atoms with E-state index in [2.05, 4.69) is 4.74 Å². The molecule has 0 radical (unpaired) electrons. The van der Waals surface area contributed by atoms with Crippen LogP contribution in [0.15, 0.2) is 36.4 Å². The predicted molar refractivity (Wildman–Crippen MR) is 94.8 cm³/mol. The molecule has 0 aliphatic heterocycles. The first kappa shape index (κ1) is 19.8. The molecule has 1 N–H and O–H groups in total. The molecule has 1 aromatic heterocycles. The van der Waals surface area contributed by atoms with Crippen molar-refractivity contribution in [3.63, 3.8) is 0 Å². The standard InChI is InChI=1S/C18H19F2NO4S/c1-11(2)21(10-9-16(22)23)17(24)15-8-7-14(26-15)12-3-5-13(6-4-12)25-18(19)20/h3-8,11,18H,9-10H2,1-2H3,(H,22,23). The lowest BCUT2D eigenvalue weighted by Crippen LogP contribution is -2.38. The number of nitrogens with zero attached hydrogens (tertiary/aromatic N) is 1. The summed E-state index contributed by atoms with van der Waals surface area (Å²) < 4.78 is 28.7. The summed E-state index contributed by atoms with van der Waals surface area (Å²) in [6, 6.07) is 9.49. The number of alkyl halides is 2. The van der Waals surface area contributed by atoms with Crippen LogP contribution in [0.25, 0.3) is 10.4 Å². The zero-order valence-electron chi connectivity index (χ0n) is 14.3. The molecule has 140 valence electrons. The highest BCUT2D eigenvalue weighted by Gasteiger charge is 2.21. The van der Waals surface area contributed by atoms with Crippen LogP contribution in [-0.4, -0.2) is 41.1 Å². The van der Waals surface area contributed by atoms with Gasteiger partial charge in [-0.25, -0.2) is 0 Å². The average molecular weight is 383 g/mol. The molecule has 0 atom stereocenters. The average Bonchev–Trinajstić information content (AvgIpc) is 3.04. The second-order valence-electron chi connectivity index (χ2n) is 5.80. The van der Waals surface area contributed by atoms with Gasteiger partial charge < -0.3 is 14.7 Å². The van der Waals surface area contributed by atoms with Gasteiger partial charge in [0, 0.05) is 17.5 Å². The first-order valence-electron chi connectivity index (χ1n) is 7.95. The molecule has 26 heavy (non-hydrogen) atoms. The van der Waals surface area contributed by atoms with Crippen LogP contribution in [0.2, 0.25) is 0 Å².